The summed E-state index contributed by atoms with van der Waals surface area (Å²) < 4.78 is 0. The third-order valence-electron chi connectivity index (χ3n) is 1.51. The Labute approximate surface area is 78.5 Å². The number of hydrogen-bond acceptors (Lipinski definition) is 5. The fourth-order valence-electron chi connectivity index (χ4n) is 0.671. The van der Waals surface area contributed by atoms with Crippen molar-refractivity contribution in [2.75, 3.05) is 13.2 Å². The van der Waals surface area contributed by atoms with Crippen LogP contribution in [0.2, 0.25) is 4.82 Å². The molecule has 0 aliphatic heterocycles. The first-order chi connectivity index (χ1) is 5.54. The van der Waals surface area contributed by atoms with Gasteiger partial charge < -0.3 is 0 Å². The van der Waals surface area contributed by atoms with E-state index in [-0.39, 0.29) is 0 Å². The van der Waals surface area contributed by atoms with Gasteiger partial charge in [-0.05, 0) is 0 Å². The van der Waals surface area contributed by atoms with Crippen molar-refractivity contribution in [2.45, 2.75) is 23.1 Å². The summed E-state index contributed by atoms with van der Waals surface area (Å²) in [5.74, 6) is 0. The zero-order valence-electron chi connectivity index (χ0n) is 6.41. The second kappa shape index (κ2) is 5.88. The number of rotatable bonds is 5. The van der Waals surface area contributed by atoms with Crippen molar-refractivity contribution in [3.63, 3.8) is 0 Å². The van der Waals surface area contributed by atoms with Crippen molar-refractivity contribution in [3.8, 4) is 0 Å². The molecule has 6 heteroatoms. The van der Waals surface area contributed by atoms with Crippen molar-refractivity contribution < 1.29 is 25.5 Å². The van der Waals surface area contributed by atoms with Crippen molar-refractivity contribution >= 4 is 16.0 Å². The summed E-state index contributed by atoms with van der Waals surface area (Å²) in [5.41, 5.74) is 0. The fourth-order valence-corrected chi connectivity index (χ4v) is 1.29. The topological polar surface area (TPSA) is 101 Å². The van der Waals surface area contributed by atoms with Crippen molar-refractivity contribution in [2.24, 2.45) is 0 Å². The molecule has 0 bridgehead atoms. The molecule has 0 fully saturated rings. The van der Waals surface area contributed by atoms with E-state index >= 15 is 0 Å². The van der Waals surface area contributed by atoms with Gasteiger partial charge in [0.15, 0.2) is 0 Å². The monoisotopic (exact) mass is 246 g/mol. The van der Waals surface area contributed by atoms with E-state index in [9.17, 15) is 5.11 Å². The molecule has 4 atom stereocenters. The zero-order valence-corrected chi connectivity index (χ0v) is 8.28. The minimum absolute atomic E-state index is 0.491. The first-order valence-electron chi connectivity index (χ1n) is 3.48. The van der Waals surface area contributed by atoms with Crippen LogP contribution in [0, 0.1) is 0 Å². The molecule has 0 rings (SSSR count). The van der Waals surface area contributed by atoms with Gasteiger partial charge in [-0.25, -0.2) is 0 Å². The van der Waals surface area contributed by atoms with E-state index in [0.29, 0.717) is 0 Å². The van der Waals surface area contributed by atoms with Gasteiger partial charge in [-0.15, -0.1) is 0 Å². The summed E-state index contributed by atoms with van der Waals surface area (Å²) >= 11 is 1.94. The molecule has 0 spiro atoms. The quantitative estimate of drug-likeness (QED) is 0.327. The predicted molar refractivity (Wildman–Crippen MR) is 43.1 cm³/mol. The standard InChI is InChI=1S/C6H14O5Se/c7-1-3(9)5(11)6(12)4(10)2-8/h3-12H,1-2H2. The molecular weight excluding hydrogens is 231 g/mol. The molecule has 5 nitrogen and oxygen atoms in total. The van der Waals surface area contributed by atoms with Gasteiger partial charge in [0.2, 0.25) is 0 Å². The number of hydrogen-bond donors (Lipinski definition) is 5. The number of aliphatic hydroxyl groups is 5. The van der Waals surface area contributed by atoms with Crippen LogP contribution in [-0.2, 0) is 0 Å². The van der Waals surface area contributed by atoms with E-state index in [0.717, 1.165) is 0 Å². The second-order valence-electron chi connectivity index (χ2n) is 2.48. The van der Waals surface area contributed by atoms with Crippen LogP contribution >= 0.6 is 0 Å². The Hall–Kier alpha value is 0.319. The fraction of sp³-hybridized carbons (Fsp3) is 1.00. The SMILES string of the molecule is OCC(O)C(O)C([SeH])C(O)CO. The van der Waals surface area contributed by atoms with E-state index in [1.54, 1.807) is 0 Å². The summed E-state index contributed by atoms with van der Waals surface area (Å²) in [6.45, 7) is -1.07. The van der Waals surface area contributed by atoms with Crippen LogP contribution in [0.1, 0.15) is 0 Å². The Kier molecular flexibility index (Phi) is 6.04. The van der Waals surface area contributed by atoms with Crippen LogP contribution in [0.3, 0.4) is 0 Å². The Morgan fingerprint density at radius 1 is 0.917 bits per heavy atom. The first-order valence-corrected chi connectivity index (χ1v) is 4.57. The van der Waals surface area contributed by atoms with Crippen LogP contribution in [0.25, 0.3) is 0 Å². The van der Waals surface area contributed by atoms with E-state index in [2.05, 4.69) is 0 Å². The van der Waals surface area contributed by atoms with Gasteiger partial charge in [0.05, 0.1) is 0 Å². The van der Waals surface area contributed by atoms with Gasteiger partial charge in [0.25, 0.3) is 0 Å². The Morgan fingerprint density at radius 2 is 1.33 bits per heavy atom. The molecule has 0 saturated carbocycles. The Bertz CT molecular complexity index is 109. The van der Waals surface area contributed by atoms with E-state index in [1.807, 2.05) is 16.0 Å². The van der Waals surface area contributed by atoms with Crippen LogP contribution in [-0.4, -0.2) is 73.1 Å². The molecule has 74 valence electrons. The molecular formula is C6H14O5Se. The molecule has 0 aromatic rings. The summed E-state index contributed by atoms with van der Waals surface area (Å²) in [6, 6.07) is 0. The average molecular weight is 245 g/mol. The summed E-state index contributed by atoms with van der Waals surface area (Å²) in [6.07, 6.45) is -3.65. The van der Waals surface area contributed by atoms with E-state index in [4.69, 9.17) is 20.4 Å². The van der Waals surface area contributed by atoms with Gasteiger partial charge >= 0.3 is 77.9 Å². The van der Waals surface area contributed by atoms with Crippen LogP contribution < -0.4 is 0 Å². The predicted octanol–water partition coefficient (Wildman–Crippen LogP) is -3.26. The zero-order chi connectivity index (χ0) is 9.72. The maximum atomic E-state index is 9.19. The second-order valence-corrected chi connectivity index (χ2v) is 3.73. The number of aliphatic hydroxyl groups excluding tert-OH is 5. The van der Waals surface area contributed by atoms with Gasteiger partial charge in [-0.2, -0.15) is 0 Å². The average Bonchev–Trinajstić information content (AvgIpc) is 2.12. The third-order valence-corrected chi connectivity index (χ3v) is 2.88. The molecule has 12 heavy (non-hydrogen) atoms. The molecule has 5 N–H and O–H groups in total. The third kappa shape index (κ3) is 3.37. The molecule has 0 aromatic carbocycles. The molecule has 0 aliphatic carbocycles. The summed E-state index contributed by atoms with van der Waals surface area (Å²) in [4.78, 5) is -0.732. The molecule has 0 aromatic heterocycles. The molecule has 0 saturated heterocycles. The normalized spacial score (nSPS) is 21.5. The Morgan fingerprint density at radius 3 is 1.67 bits per heavy atom. The van der Waals surface area contributed by atoms with E-state index < -0.39 is 36.3 Å². The first kappa shape index (κ1) is 12.3. The van der Waals surface area contributed by atoms with Crippen LogP contribution in [0.4, 0.5) is 0 Å². The molecule has 0 aliphatic rings. The minimum atomic E-state index is -1.29. The van der Waals surface area contributed by atoms with Gasteiger partial charge in [0.1, 0.15) is 0 Å². The van der Waals surface area contributed by atoms with Crippen LogP contribution in [0.5, 0.6) is 0 Å². The van der Waals surface area contributed by atoms with Crippen LogP contribution in [0.15, 0.2) is 0 Å². The molecule has 0 amide bonds. The summed E-state index contributed by atoms with van der Waals surface area (Å²) in [7, 11) is 0. The van der Waals surface area contributed by atoms with Crippen molar-refractivity contribution in [1.29, 1.82) is 0 Å². The van der Waals surface area contributed by atoms with E-state index in [1.165, 1.54) is 0 Å². The summed E-state index contributed by atoms with van der Waals surface area (Å²) in [5, 5.41) is 44.1. The molecule has 4 unspecified atom stereocenters. The van der Waals surface area contributed by atoms with Gasteiger partial charge in [-0.3, -0.25) is 0 Å². The maximum absolute atomic E-state index is 9.19. The van der Waals surface area contributed by atoms with Gasteiger partial charge in [0, 0.05) is 0 Å². The van der Waals surface area contributed by atoms with Gasteiger partial charge in [-0.1, -0.05) is 0 Å². The van der Waals surface area contributed by atoms with Crippen molar-refractivity contribution in [1.82, 2.24) is 0 Å². The molecule has 0 heterocycles. The molecule has 0 radical (unpaired) electrons. The van der Waals surface area contributed by atoms with Crippen molar-refractivity contribution in [3.05, 3.63) is 0 Å². The Balaban J connectivity index is 3.99.